The Kier molecular flexibility index (Phi) is 8.30. The lowest BCUT2D eigenvalue weighted by atomic mass is 10.1. The summed E-state index contributed by atoms with van der Waals surface area (Å²) in [5.74, 6) is 0.0851. The number of amides is 3. The van der Waals surface area contributed by atoms with Gasteiger partial charge in [-0.2, -0.15) is 5.26 Å². The Morgan fingerprint density at radius 3 is 2.66 bits per heavy atom. The van der Waals surface area contributed by atoms with Gasteiger partial charge in [0.25, 0.3) is 5.91 Å². The van der Waals surface area contributed by atoms with Gasteiger partial charge in [0.15, 0.2) is 11.5 Å². The van der Waals surface area contributed by atoms with E-state index in [4.69, 9.17) is 26.8 Å². The number of ether oxygens (including phenoxy) is 2. The van der Waals surface area contributed by atoms with Crippen LogP contribution in [0, 0.1) is 14.9 Å². The minimum absolute atomic E-state index is 0.245. The third-order valence-electron chi connectivity index (χ3n) is 3.57. The largest absolute Gasteiger partial charge is 0.490 e. The highest BCUT2D eigenvalue weighted by Gasteiger charge is 2.15. The number of nitrogens with one attached hydrogen (secondary N) is 1. The first-order valence-electron chi connectivity index (χ1n) is 8.40. The van der Waals surface area contributed by atoms with Crippen LogP contribution in [0.5, 0.6) is 11.5 Å². The van der Waals surface area contributed by atoms with Gasteiger partial charge in [-0.15, -0.1) is 0 Å². The molecule has 150 valence electrons. The van der Waals surface area contributed by atoms with E-state index in [1.54, 1.807) is 24.3 Å². The van der Waals surface area contributed by atoms with Crippen LogP contribution in [-0.4, -0.2) is 18.5 Å². The Hall–Kier alpha value is -2.77. The molecule has 0 aliphatic rings. The molecule has 0 spiro atoms. The Morgan fingerprint density at radius 2 is 2.03 bits per heavy atom. The summed E-state index contributed by atoms with van der Waals surface area (Å²) in [6.07, 6.45) is 1.33. The van der Waals surface area contributed by atoms with Crippen molar-refractivity contribution >= 4 is 52.2 Å². The topological polar surface area (TPSA) is 114 Å². The summed E-state index contributed by atoms with van der Waals surface area (Å²) in [4.78, 5) is 22.7. The van der Waals surface area contributed by atoms with E-state index in [2.05, 4.69) is 22.6 Å². The van der Waals surface area contributed by atoms with E-state index in [0.29, 0.717) is 32.3 Å². The Bertz CT molecular complexity index is 1000. The number of primary amides is 1. The minimum atomic E-state index is -1.04. The second kappa shape index (κ2) is 10.7. The Balaban J connectivity index is 2.35. The molecule has 0 aromatic heterocycles. The van der Waals surface area contributed by atoms with Crippen LogP contribution in [0.1, 0.15) is 18.1 Å². The lowest BCUT2D eigenvalue weighted by molar-refractivity contribution is -0.115. The number of urea groups is 1. The molecule has 0 saturated carbocycles. The maximum Gasteiger partial charge on any atom is 0.319 e. The number of hydrogen-bond acceptors (Lipinski definition) is 5. The molecule has 0 saturated heterocycles. The van der Waals surface area contributed by atoms with Gasteiger partial charge in [0.1, 0.15) is 18.2 Å². The van der Waals surface area contributed by atoms with Crippen LogP contribution < -0.4 is 20.5 Å². The van der Waals surface area contributed by atoms with Crippen LogP contribution in [0.4, 0.5) is 4.79 Å². The molecule has 29 heavy (non-hydrogen) atoms. The molecule has 0 atom stereocenters. The average molecular weight is 526 g/mol. The van der Waals surface area contributed by atoms with E-state index in [1.807, 2.05) is 30.4 Å². The van der Waals surface area contributed by atoms with Gasteiger partial charge < -0.3 is 15.2 Å². The van der Waals surface area contributed by atoms with Gasteiger partial charge >= 0.3 is 6.03 Å². The van der Waals surface area contributed by atoms with Gasteiger partial charge in [0, 0.05) is 10.6 Å². The van der Waals surface area contributed by atoms with Crippen LogP contribution in [0.25, 0.3) is 6.08 Å². The number of halogens is 2. The molecule has 7 nitrogen and oxygen atoms in total. The van der Waals surface area contributed by atoms with Crippen LogP contribution in [0.2, 0.25) is 5.02 Å². The van der Waals surface area contributed by atoms with Crippen LogP contribution >= 0.6 is 34.2 Å². The summed E-state index contributed by atoms with van der Waals surface area (Å²) in [7, 11) is 0. The number of benzene rings is 2. The second-order valence-corrected chi connectivity index (χ2v) is 7.20. The van der Waals surface area contributed by atoms with Crippen molar-refractivity contribution in [2.75, 3.05) is 6.61 Å². The van der Waals surface area contributed by atoms with Crippen molar-refractivity contribution in [2.24, 2.45) is 5.73 Å². The van der Waals surface area contributed by atoms with E-state index in [0.717, 1.165) is 5.56 Å². The maximum absolute atomic E-state index is 11.9. The molecule has 0 radical (unpaired) electrons. The molecular formula is C20H17ClIN3O4. The van der Waals surface area contributed by atoms with E-state index in [-0.39, 0.29) is 12.2 Å². The summed E-state index contributed by atoms with van der Waals surface area (Å²) >= 11 is 8.25. The first-order valence-corrected chi connectivity index (χ1v) is 9.86. The van der Waals surface area contributed by atoms with Crippen molar-refractivity contribution < 1.29 is 19.1 Å². The van der Waals surface area contributed by atoms with Crippen molar-refractivity contribution in [3.8, 4) is 17.6 Å². The van der Waals surface area contributed by atoms with E-state index < -0.39 is 11.9 Å². The first kappa shape index (κ1) is 22.5. The molecule has 2 aromatic carbocycles. The molecule has 3 amide bonds. The number of carbonyl (C=O) groups is 2. The highest BCUT2D eigenvalue weighted by molar-refractivity contribution is 14.1. The standard InChI is InChI=1S/C20H17ClIN3O4/c1-2-28-17-9-12(7-14(10-23)19(26)25-20(24)27)8-16(22)18(17)29-11-13-5-3-4-6-15(13)21/h3-9H,2,11H2,1H3,(H3,24,25,26,27)/b14-7-. The van der Waals surface area contributed by atoms with Crippen molar-refractivity contribution in [3.05, 3.63) is 61.7 Å². The number of nitrogens with zero attached hydrogens (tertiary/aromatic N) is 1. The lowest BCUT2D eigenvalue weighted by Crippen LogP contribution is -2.35. The van der Waals surface area contributed by atoms with Crippen LogP contribution in [-0.2, 0) is 11.4 Å². The number of imide groups is 1. The zero-order valence-electron chi connectivity index (χ0n) is 15.4. The summed E-state index contributed by atoms with van der Waals surface area (Å²) in [6.45, 7) is 2.46. The van der Waals surface area contributed by atoms with Crippen LogP contribution in [0.15, 0.2) is 42.0 Å². The molecule has 0 heterocycles. The monoisotopic (exact) mass is 525 g/mol. The first-order chi connectivity index (χ1) is 13.8. The van der Waals surface area contributed by atoms with Gasteiger partial charge in [-0.1, -0.05) is 29.8 Å². The maximum atomic E-state index is 11.9. The third-order valence-corrected chi connectivity index (χ3v) is 4.74. The summed E-state index contributed by atoms with van der Waals surface area (Å²) in [5, 5.41) is 11.7. The minimum Gasteiger partial charge on any atom is -0.490 e. The molecule has 0 aliphatic heterocycles. The van der Waals surface area contributed by atoms with Crippen molar-refractivity contribution in [3.63, 3.8) is 0 Å². The fraction of sp³-hybridized carbons (Fsp3) is 0.150. The second-order valence-electron chi connectivity index (χ2n) is 5.63. The van der Waals surface area contributed by atoms with Gasteiger partial charge in [0.2, 0.25) is 0 Å². The molecule has 3 N–H and O–H groups in total. The van der Waals surface area contributed by atoms with E-state index in [9.17, 15) is 14.9 Å². The van der Waals surface area contributed by atoms with Gasteiger partial charge in [0.05, 0.1) is 10.2 Å². The molecule has 0 fully saturated rings. The van der Waals surface area contributed by atoms with Crippen molar-refractivity contribution in [1.82, 2.24) is 5.32 Å². The Labute approximate surface area is 186 Å². The van der Waals surface area contributed by atoms with Gasteiger partial charge in [-0.25, -0.2) is 4.79 Å². The van der Waals surface area contributed by atoms with E-state index in [1.165, 1.54) is 6.08 Å². The normalized spacial score (nSPS) is 10.8. The SMILES string of the molecule is CCOc1cc(/C=C(/C#N)C(=O)NC(N)=O)cc(I)c1OCc1ccccc1Cl. The molecule has 2 rings (SSSR count). The van der Waals surface area contributed by atoms with Crippen LogP contribution in [0.3, 0.4) is 0 Å². The molecular weight excluding hydrogens is 509 g/mol. The number of rotatable bonds is 7. The van der Waals surface area contributed by atoms with Crippen molar-refractivity contribution in [2.45, 2.75) is 13.5 Å². The zero-order valence-corrected chi connectivity index (χ0v) is 18.3. The fourth-order valence-electron chi connectivity index (χ4n) is 2.33. The molecule has 0 aliphatic carbocycles. The van der Waals surface area contributed by atoms with E-state index >= 15 is 0 Å². The molecule has 0 unspecified atom stereocenters. The van der Waals surface area contributed by atoms with Crippen molar-refractivity contribution in [1.29, 1.82) is 5.26 Å². The smallest absolute Gasteiger partial charge is 0.319 e. The number of hydrogen-bond donors (Lipinski definition) is 2. The zero-order chi connectivity index (χ0) is 21.4. The van der Waals surface area contributed by atoms with Gasteiger partial charge in [-0.3, -0.25) is 10.1 Å². The molecule has 2 aromatic rings. The highest BCUT2D eigenvalue weighted by atomic mass is 127. The Morgan fingerprint density at radius 1 is 1.31 bits per heavy atom. The summed E-state index contributed by atoms with van der Waals surface area (Å²) < 4.78 is 12.3. The quantitative estimate of drug-likeness (QED) is 0.322. The predicted molar refractivity (Wildman–Crippen MR) is 117 cm³/mol. The number of carbonyl (C=O) groups excluding carboxylic acids is 2. The number of nitrogens with two attached hydrogens (primary N) is 1. The molecule has 0 bridgehead atoms. The average Bonchev–Trinajstić information content (AvgIpc) is 2.66. The van der Waals surface area contributed by atoms with Gasteiger partial charge in [-0.05, 0) is 59.4 Å². The predicted octanol–water partition coefficient (Wildman–Crippen LogP) is 4.02. The fourth-order valence-corrected chi connectivity index (χ4v) is 3.31. The summed E-state index contributed by atoms with van der Waals surface area (Å²) in [5.41, 5.74) is 6.00. The molecule has 9 heteroatoms. The number of nitriles is 1. The highest BCUT2D eigenvalue weighted by Crippen LogP contribution is 2.36. The summed E-state index contributed by atoms with van der Waals surface area (Å²) in [6, 6.07) is 11.4. The lowest BCUT2D eigenvalue weighted by Gasteiger charge is -2.15. The third kappa shape index (κ3) is 6.37.